The van der Waals surface area contributed by atoms with Crippen molar-refractivity contribution in [3.63, 3.8) is 0 Å². The molecule has 1 aliphatic carbocycles. The summed E-state index contributed by atoms with van der Waals surface area (Å²) in [6, 6.07) is 15.8. The van der Waals surface area contributed by atoms with E-state index in [9.17, 15) is 13.2 Å². The van der Waals surface area contributed by atoms with E-state index < -0.39 is 10.0 Å². The van der Waals surface area contributed by atoms with Crippen molar-refractivity contribution in [2.75, 3.05) is 17.5 Å². The van der Waals surface area contributed by atoms with Crippen LogP contribution < -0.4 is 10.0 Å². The van der Waals surface area contributed by atoms with Crippen LogP contribution in [0.5, 0.6) is 0 Å². The number of benzene rings is 2. The number of pyridine rings is 1. The first-order valence-electron chi connectivity index (χ1n) is 11.1. The summed E-state index contributed by atoms with van der Waals surface area (Å²) in [7, 11) is -3.36. The van der Waals surface area contributed by atoms with Crippen molar-refractivity contribution in [2.24, 2.45) is 0 Å². The third kappa shape index (κ3) is 5.25. The molecule has 2 aromatic carbocycles. The predicted octanol–water partition coefficient (Wildman–Crippen LogP) is 4.67. The Bertz CT molecular complexity index is 1340. The number of fused-ring (bicyclic) bond motifs is 1. The zero-order valence-corrected chi connectivity index (χ0v) is 20.6. The second-order valence-corrected chi connectivity index (χ2v) is 11.8. The molecule has 1 saturated carbocycles. The molecule has 3 aromatic rings. The molecule has 0 radical (unpaired) electrons. The van der Waals surface area contributed by atoms with Crippen LogP contribution in [0.25, 0.3) is 10.8 Å². The second-order valence-electron chi connectivity index (χ2n) is 10.1. The Kier molecular flexibility index (Phi) is 5.83. The number of nitrogens with one attached hydrogen (secondary N) is 2. The molecular weight excluding hydrogens is 434 g/mol. The Hall–Kier alpha value is -2.77. The summed E-state index contributed by atoms with van der Waals surface area (Å²) in [5.74, 6) is 0.0372. The van der Waals surface area contributed by atoms with Crippen molar-refractivity contribution >= 4 is 32.3 Å². The SMILES string of the molecule is Cc1nc(C2(NCC(=O)c3ccc4cc(C(C)(C)C)ccc4c3)CC2)ccc1NS(C)(=O)=O. The number of carbonyl (C=O) groups excluding carboxylic acids is 1. The third-order valence-corrected chi connectivity index (χ3v) is 6.83. The molecule has 1 heterocycles. The fourth-order valence-corrected chi connectivity index (χ4v) is 4.64. The number of ketones is 1. The second kappa shape index (κ2) is 8.22. The Balaban J connectivity index is 1.47. The minimum Gasteiger partial charge on any atom is -0.299 e. The minimum atomic E-state index is -3.36. The van der Waals surface area contributed by atoms with E-state index in [2.05, 4.69) is 54.0 Å². The quantitative estimate of drug-likeness (QED) is 0.495. The summed E-state index contributed by atoms with van der Waals surface area (Å²) in [5.41, 5.74) is 3.62. The summed E-state index contributed by atoms with van der Waals surface area (Å²) < 4.78 is 25.5. The van der Waals surface area contributed by atoms with Crippen molar-refractivity contribution < 1.29 is 13.2 Å². The van der Waals surface area contributed by atoms with Crippen molar-refractivity contribution in [1.82, 2.24) is 10.3 Å². The molecule has 1 aromatic heterocycles. The lowest BCUT2D eigenvalue weighted by molar-refractivity contribution is 0.0985. The van der Waals surface area contributed by atoms with Crippen molar-refractivity contribution in [1.29, 1.82) is 0 Å². The molecule has 0 saturated heterocycles. The largest absolute Gasteiger partial charge is 0.299 e. The number of carbonyl (C=O) groups is 1. The average Bonchev–Trinajstić information content (AvgIpc) is 3.52. The standard InChI is InChI=1S/C26H31N3O3S/c1-17-22(29-33(5,31)32)10-11-24(28-17)26(12-13-26)27-16-23(30)20-7-6-19-15-21(25(2,3)4)9-8-18(19)14-20/h6-11,14-15,27,29H,12-13,16H2,1-5H3. The van der Waals surface area contributed by atoms with Gasteiger partial charge < -0.3 is 0 Å². The van der Waals surface area contributed by atoms with E-state index in [0.717, 1.165) is 35.6 Å². The lowest BCUT2D eigenvalue weighted by atomic mass is 9.86. The van der Waals surface area contributed by atoms with Gasteiger partial charge in [0.1, 0.15) is 0 Å². The molecule has 4 rings (SSSR count). The van der Waals surface area contributed by atoms with Gasteiger partial charge in [-0.3, -0.25) is 19.8 Å². The van der Waals surface area contributed by atoms with Crippen LogP contribution >= 0.6 is 0 Å². The molecule has 1 aliphatic rings. The van der Waals surface area contributed by atoms with Gasteiger partial charge in [0.2, 0.25) is 10.0 Å². The maximum absolute atomic E-state index is 12.9. The number of sulfonamides is 1. The van der Waals surface area contributed by atoms with E-state index in [-0.39, 0.29) is 23.3 Å². The molecule has 2 N–H and O–H groups in total. The number of Topliss-reactive ketones (excluding diaryl/α,β-unsaturated/α-hetero) is 1. The van der Waals surface area contributed by atoms with Gasteiger partial charge in [0.15, 0.2) is 5.78 Å². The van der Waals surface area contributed by atoms with E-state index in [1.54, 1.807) is 13.0 Å². The van der Waals surface area contributed by atoms with Crippen LogP contribution in [0.4, 0.5) is 5.69 Å². The predicted molar refractivity (Wildman–Crippen MR) is 133 cm³/mol. The van der Waals surface area contributed by atoms with Gasteiger partial charge in [0.25, 0.3) is 0 Å². The monoisotopic (exact) mass is 465 g/mol. The van der Waals surface area contributed by atoms with Crippen LogP contribution in [0.3, 0.4) is 0 Å². The maximum Gasteiger partial charge on any atom is 0.229 e. The van der Waals surface area contributed by atoms with Gasteiger partial charge in [0, 0.05) is 5.56 Å². The Morgan fingerprint density at radius 2 is 1.70 bits per heavy atom. The zero-order valence-electron chi connectivity index (χ0n) is 19.8. The molecule has 0 aliphatic heterocycles. The molecule has 1 fully saturated rings. The van der Waals surface area contributed by atoms with Crippen LogP contribution in [-0.2, 0) is 21.0 Å². The van der Waals surface area contributed by atoms with Gasteiger partial charge in [-0.2, -0.15) is 0 Å². The normalized spacial score (nSPS) is 15.4. The highest BCUT2D eigenvalue weighted by Gasteiger charge is 2.45. The minimum absolute atomic E-state index is 0.0372. The van der Waals surface area contributed by atoms with Gasteiger partial charge in [-0.25, -0.2) is 8.42 Å². The number of hydrogen-bond acceptors (Lipinski definition) is 5. The average molecular weight is 466 g/mol. The molecule has 7 heteroatoms. The molecule has 174 valence electrons. The Labute approximate surface area is 195 Å². The van der Waals surface area contributed by atoms with Crippen molar-refractivity contribution in [3.8, 4) is 0 Å². The smallest absolute Gasteiger partial charge is 0.229 e. The van der Waals surface area contributed by atoms with Crippen LogP contribution in [0.2, 0.25) is 0 Å². The van der Waals surface area contributed by atoms with E-state index in [0.29, 0.717) is 16.9 Å². The molecule has 0 spiro atoms. The Morgan fingerprint density at radius 3 is 2.30 bits per heavy atom. The molecule has 6 nitrogen and oxygen atoms in total. The summed E-state index contributed by atoms with van der Waals surface area (Å²) in [6.45, 7) is 8.57. The molecular formula is C26H31N3O3S. The molecule has 0 atom stereocenters. The first kappa shape index (κ1) is 23.4. The van der Waals surface area contributed by atoms with E-state index >= 15 is 0 Å². The van der Waals surface area contributed by atoms with Crippen molar-refractivity contribution in [3.05, 3.63) is 71.0 Å². The van der Waals surface area contributed by atoms with Gasteiger partial charge >= 0.3 is 0 Å². The fourth-order valence-electron chi connectivity index (χ4n) is 4.02. The molecule has 33 heavy (non-hydrogen) atoms. The maximum atomic E-state index is 12.9. The summed E-state index contributed by atoms with van der Waals surface area (Å²) in [6.07, 6.45) is 2.89. The summed E-state index contributed by atoms with van der Waals surface area (Å²) in [4.78, 5) is 17.5. The number of aromatic nitrogens is 1. The lowest BCUT2D eigenvalue weighted by Gasteiger charge is -2.20. The topological polar surface area (TPSA) is 88.2 Å². The highest BCUT2D eigenvalue weighted by atomic mass is 32.2. The number of rotatable bonds is 7. The van der Waals surface area contributed by atoms with E-state index in [1.807, 2.05) is 24.3 Å². The number of nitrogens with zero attached hydrogens (tertiary/aromatic N) is 1. The highest BCUT2D eigenvalue weighted by Crippen LogP contribution is 2.45. The molecule has 0 unspecified atom stereocenters. The number of aryl methyl sites for hydroxylation is 1. The number of anilines is 1. The van der Waals surface area contributed by atoms with E-state index in [4.69, 9.17) is 0 Å². The lowest BCUT2D eigenvalue weighted by Crippen LogP contribution is -2.34. The van der Waals surface area contributed by atoms with Gasteiger partial charge in [-0.05, 0) is 59.7 Å². The zero-order chi connectivity index (χ0) is 24.0. The van der Waals surface area contributed by atoms with Crippen molar-refractivity contribution in [2.45, 2.75) is 51.5 Å². The number of hydrogen-bond donors (Lipinski definition) is 2. The van der Waals surface area contributed by atoms with Crippen LogP contribution in [0.1, 0.15) is 60.9 Å². The van der Waals surface area contributed by atoms with Gasteiger partial charge in [0.05, 0.1) is 35.4 Å². The summed E-state index contributed by atoms with van der Waals surface area (Å²) in [5, 5.41) is 5.60. The molecule has 0 bridgehead atoms. The van der Waals surface area contributed by atoms with Gasteiger partial charge in [-0.1, -0.05) is 51.1 Å². The van der Waals surface area contributed by atoms with Gasteiger partial charge in [-0.15, -0.1) is 0 Å². The molecule has 0 amide bonds. The fraction of sp³-hybridized carbons (Fsp3) is 0.385. The highest BCUT2D eigenvalue weighted by molar-refractivity contribution is 7.92. The van der Waals surface area contributed by atoms with E-state index in [1.165, 1.54) is 5.56 Å². The van der Waals surface area contributed by atoms with Crippen LogP contribution in [-0.4, -0.2) is 32.0 Å². The third-order valence-electron chi connectivity index (χ3n) is 6.24. The first-order chi connectivity index (χ1) is 15.4. The first-order valence-corrected chi connectivity index (χ1v) is 13.0. The summed E-state index contributed by atoms with van der Waals surface area (Å²) >= 11 is 0. The Morgan fingerprint density at radius 1 is 1.03 bits per heavy atom. The van der Waals surface area contributed by atoms with Crippen LogP contribution in [0.15, 0.2) is 48.5 Å². The van der Waals surface area contributed by atoms with Crippen LogP contribution in [0, 0.1) is 6.92 Å².